The van der Waals surface area contributed by atoms with Crippen molar-refractivity contribution in [2.45, 2.75) is 0 Å². The van der Waals surface area contributed by atoms with Gasteiger partial charge in [-0.25, -0.2) is 0 Å². The van der Waals surface area contributed by atoms with E-state index in [9.17, 15) is 10.1 Å². The first-order chi connectivity index (χ1) is 11.2. The summed E-state index contributed by atoms with van der Waals surface area (Å²) in [4.78, 5) is 14.1. The number of benzene rings is 2. The van der Waals surface area contributed by atoms with Crippen LogP contribution in [-0.2, 0) is 4.79 Å². The number of amides is 1. The van der Waals surface area contributed by atoms with Crippen LogP contribution in [0.15, 0.2) is 85.1 Å². The van der Waals surface area contributed by atoms with Gasteiger partial charge in [0.1, 0.15) is 11.6 Å². The van der Waals surface area contributed by atoms with E-state index in [2.05, 4.69) is 11.9 Å². The molecule has 0 radical (unpaired) electrons. The molecule has 0 spiro atoms. The minimum atomic E-state index is -0.441. The number of carbonyl (C=O) groups is 1. The molecule has 1 N–H and O–H groups in total. The van der Waals surface area contributed by atoms with Crippen LogP contribution in [0.5, 0.6) is 0 Å². The minimum Gasteiger partial charge on any atom is -0.343 e. The number of para-hydroxylation sites is 2. The SMILES string of the molecule is C=CCN(/C=C(\C#N)C(=O)Nc1ccccc1)c1ccccc1. The molecule has 2 rings (SSSR count). The van der Waals surface area contributed by atoms with Gasteiger partial charge in [-0.3, -0.25) is 4.79 Å². The summed E-state index contributed by atoms with van der Waals surface area (Å²) in [7, 11) is 0. The summed E-state index contributed by atoms with van der Waals surface area (Å²) in [6.45, 7) is 4.21. The number of nitrogens with one attached hydrogen (secondary N) is 1. The van der Waals surface area contributed by atoms with E-state index in [1.54, 1.807) is 23.1 Å². The van der Waals surface area contributed by atoms with E-state index in [1.807, 2.05) is 54.6 Å². The van der Waals surface area contributed by atoms with Crippen LogP contribution in [0.3, 0.4) is 0 Å². The van der Waals surface area contributed by atoms with Gasteiger partial charge in [-0.2, -0.15) is 5.26 Å². The highest BCUT2D eigenvalue weighted by Gasteiger charge is 2.12. The van der Waals surface area contributed by atoms with E-state index in [1.165, 1.54) is 6.20 Å². The van der Waals surface area contributed by atoms with Crippen molar-refractivity contribution in [1.82, 2.24) is 0 Å². The average molecular weight is 303 g/mol. The second-order valence-corrected chi connectivity index (χ2v) is 4.75. The number of hydrogen-bond donors (Lipinski definition) is 1. The van der Waals surface area contributed by atoms with Crippen LogP contribution >= 0.6 is 0 Å². The van der Waals surface area contributed by atoms with Gasteiger partial charge < -0.3 is 10.2 Å². The van der Waals surface area contributed by atoms with Gasteiger partial charge in [-0.05, 0) is 24.3 Å². The molecule has 4 heteroatoms. The monoisotopic (exact) mass is 303 g/mol. The van der Waals surface area contributed by atoms with Gasteiger partial charge in [0, 0.05) is 24.1 Å². The lowest BCUT2D eigenvalue weighted by Crippen LogP contribution is -2.21. The summed E-state index contributed by atoms with van der Waals surface area (Å²) in [5.74, 6) is -0.441. The molecule has 23 heavy (non-hydrogen) atoms. The molecule has 0 aromatic heterocycles. The van der Waals surface area contributed by atoms with Crippen LogP contribution in [0, 0.1) is 11.3 Å². The Bertz CT molecular complexity index is 730. The third-order valence-corrected chi connectivity index (χ3v) is 3.10. The van der Waals surface area contributed by atoms with Gasteiger partial charge in [0.15, 0.2) is 0 Å². The van der Waals surface area contributed by atoms with Crippen LogP contribution < -0.4 is 10.2 Å². The third kappa shape index (κ3) is 4.58. The molecule has 0 aliphatic carbocycles. The maximum Gasteiger partial charge on any atom is 0.267 e. The Morgan fingerprint density at radius 1 is 1.13 bits per heavy atom. The Morgan fingerprint density at radius 3 is 2.30 bits per heavy atom. The maximum atomic E-state index is 12.3. The molecule has 0 saturated heterocycles. The Hall–Kier alpha value is -3.32. The molecule has 0 fully saturated rings. The summed E-state index contributed by atoms with van der Waals surface area (Å²) in [6, 6.07) is 20.5. The fourth-order valence-corrected chi connectivity index (χ4v) is 2.01. The second-order valence-electron chi connectivity index (χ2n) is 4.75. The topological polar surface area (TPSA) is 56.1 Å². The Morgan fingerprint density at radius 2 is 1.74 bits per heavy atom. The molecule has 0 aliphatic heterocycles. The van der Waals surface area contributed by atoms with E-state index < -0.39 is 5.91 Å². The smallest absolute Gasteiger partial charge is 0.267 e. The van der Waals surface area contributed by atoms with Gasteiger partial charge in [0.25, 0.3) is 5.91 Å². The van der Waals surface area contributed by atoms with E-state index in [4.69, 9.17) is 0 Å². The van der Waals surface area contributed by atoms with E-state index >= 15 is 0 Å². The summed E-state index contributed by atoms with van der Waals surface area (Å²) in [5, 5.41) is 12.0. The molecule has 2 aromatic carbocycles. The summed E-state index contributed by atoms with van der Waals surface area (Å²) >= 11 is 0. The van der Waals surface area contributed by atoms with Crippen LogP contribution in [0.25, 0.3) is 0 Å². The lowest BCUT2D eigenvalue weighted by atomic mass is 10.2. The Labute approximate surface area is 136 Å². The molecule has 0 saturated carbocycles. The predicted molar refractivity (Wildman–Crippen MR) is 92.8 cm³/mol. The standard InChI is InChI=1S/C19H17N3O/c1-2-13-22(18-11-7-4-8-12-18)15-16(14-20)19(23)21-17-9-5-3-6-10-17/h2-12,15H,1,13H2,(H,21,23)/b16-15+. The van der Waals surface area contributed by atoms with Crippen molar-refractivity contribution < 1.29 is 4.79 Å². The Kier molecular flexibility index (Phi) is 5.73. The van der Waals surface area contributed by atoms with Gasteiger partial charge >= 0.3 is 0 Å². The number of hydrogen-bond acceptors (Lipinski definition) is 3. The normalized spacial score (nSPS) is 10.5. The van der Waals surface area contributed by atoms with Crippen molar-refractivity contribution in [1.29, 1.82) is 5.26 Å². The molecule has 0 aliphatic rings. The highest BCUT2D eigenvalue weighted by molar-refractivity contribution is 6.06. The maximum absolute atomic E-state index is 12.3. The van der Waals surface area contributed by atoms with E-state index in [0.29, 0.717) is 12.2 Å². The van der Waals surface area contributed by atoms with Crippen LogP contribution in [0.4, 0.5) is 11.4 Å². The fraction of sp³-hybridized carbons (Fsp3) is 0.0526. The molecule has 2 aromatic rings. The molecule has 0 unspecified atom stereocenters. The van der Waals surface area contributed by atoms with Crippen molar-refractivity contribution >= 4 is 17.3 Å². The fourth-order valence-electron chi connectivity index (χ4n) is 2.01. The second kappa shape index (κ2) is 8.20. The third-order valence-electron chi connectivity index (χ3n) is 3.10. The quantitative estimate of drug-likeness (QED) is 0.502. The zero-order valence-electron chi connectivity index (χ0n) is 12.6. The summed E-state index contributed by atoms with van der Waals surface area (Å²) in [6.07, 6.45) is 3.25. The molecule has 0 heterocycles. The van der Waals surface area contributed by atoms with Crippen molar-refractivity contribution in [3.63, 3.8) is 0 Å². The first kappa shape index (κ1) is 16.1. The van der Waals surface area contributed by atoms with Crippen LogP contribution in [0.1, 0.15) is 0 Å². The van der Waals surface area contributed by atoms with Gasteiger partial charge in [0.2, 0.25) is 0 Å². The lowest BCUT2D eigenvalue weighted by molar-refractivity contribution is -0.112. The summed E-state index contributed by atoms with van der Waals surface area (Å²) in [5.41, 5.74) is 1.56. The lowest BCUT2D eigenvalue weighted by Gasteiger charge is -2.19. The molecule has 0 atom stereocenters. The average Bonchev–Trinajstić information content (AvgIpc) is 2.60. The van der Waals surface area contributed by atoms with Crippen LogP contribution in [0.2, 0.25) is 0 Å². The predicted octanol–water partition coefficient (Wildman–Crippen LogP) is 3.73. The number of nitriles is 1. The van der Waals surface area contributed by atoms with Gasteiger partial charge in [-0.15, -0.1) is 6.58 Å². The molecule has 114 valence electrons. The summed E-state index contributed by atoms with van der Waals surface area (Å²) < 4.78 is 0. The van der Waals surface area contributed by atoms with E-state index in [0.717, 1.165) is 5.69 Å². The first-order valence-electron chi connectivity index (χ1n) is 7.15. The van der Waals surface area contributed by atoms with Crippen molar-refractivity contribution in [3.05, 3.63) is 85.1 Å². The van der Waals surface area contributed by atoms with Gasteiger partial charge in [0.05, 0.1) is 0 Å². The number of anilines is 2. The number of carbonyl (C=O) groups excluding carboxylic acids is 1. The molecule has 4 nitrogen and oxygen atoms in total. The number of rotatable bonds is 6. The Balaban J connectivity index is 2.23. The highest BCUT2D eigenvalue weighted by Crippen LogP contribution is 2.15. The zero-order chi connectivity index (χ0) is 16.5. The largest absolute Gasteiger partial charge is 0.343 e. The molecule has 0 bridgehead atoms. The zero-order valence-corrected chi connectivity index (χ0v) is 12.6. The van der Waals surface area contributed by atoms with Crippen LogP contribution in [-0.4, -0.2) is 12.5 Å². The van der Waals surface area contributed by atoms with Crippen molar-refractivity contribution in [3.8, 4) is 6.07 Å². The van der Waals surface area contributed by atoms with E-state index in [-0.39, 0.29) is 5.57 Å². The van der Waals surface area contributed by atoms with Gasteiger partial charge in [-0.1, -0.05) is 42.5 Å². The first-order valence-corrected chi connectivity index (χ1v) is 7.15. The highest BCUT2D eigenvalue weighted by atomic mass is 16.1. The molecule has 1 amide bonds. The molecular weight excluding hydrogens is 286 g/mol. The van der Waals surface area contributed by atoms with Crippen molar-refractivity contribution in [2.75, 3.05) is 16.8 Å². The number of nitrogens with zero attached hydrogens (tertiary/aromatic N) is 2. The minimum absolute atomic E-state index is 0.0274. The van der Waals surface area contributed by atoms with Crippen molar-refractivity contribution in [2.24, 2.45) is 0 Å². The molecular formula is C19H17N3O.